The Morgan fingerprint density at radius 1 is 1.07 bits per heavy atom. The molecule has 28 heavy (non-hydrogen) atoms. The number of carbonyl (C=O) groups is 1. The van der Waals surface area contributed by atoms with Gasteiger partial charge in [-0.3, -0.25) is 4.79 Å². The molecule has 0 aliphatic heterocycles. The first-order valence-corrected chi connectivity index (χ1v) is 9.52. The molecule has 0 radical (unpaired) electrons. The third kappa shape index (κ3) is 4.46. The zero-order valence-corrected chi connectivity index (χ0v) is 16.9. The van der Waals surface area contributed by atoms with Crippen molar-refractivity contribution < 1.29 is 4.79 Å². The van der Waals surface area contributed by atoms with E-state index in [-0.39, 0.29) is 11.9 Å². The molecule has 0 saturated carbocycles. The minimum absolute atomic E-state index is 0.0827. The van der Waals surface area contributed by atoms with Gasteiger partial charge in [-0.25, -0.2) is 0 Å². The van der Waals surface area contributed by atoms with Gasteiger partial charge in [0, 0.05) is 6.54 Å². The van der Waals surface area contributed by atoms with E-state index in [1.54, 1.807) is 6.92 Å². The summed E-state index contributed by atoms with van der Waals surface area (Å²) in [7, 11) is 4.03. The summed E-state index contributed by atoms with van der Waals surface area (Å²) < 4.78 is 0. The molecule has 0 spiro atoms. The van der Waals surface area contributed by atoms with Gasteiger partial charge < -0.3 is 10.2 Å². The maximum atomic E-state index is 12.7. The molecular weight excluding hydrogens is 350 g/mol. The summed E-state index contributed by atoms with van der Waals surface area (Å²) in [5.41, 5.74) is 4.26. The van der Waals surface area contributed by atoms with Crippen LogP contribution in [0.25, 0.3) is 5.69 Å². The number of para-hydroxylation sites is 1. The average Bonchev–Trinajstić information content (AvgIpc) is 3.10. The van der Waals surface area contributed by atoms with E-state index in [9.17, 15) is 4.79 Å². The van der Waals surface area contributed by atoms with Gasteiger partial charge >= 0.3 is 0 Å². The normalized spacial score (nSPS) is 12.2. The summed E-state index contributed by atoms with van der Waals surface area (Å²) >= 11 is 0. The number of aryl methyl sites for hydroxylation is 2. The maximum Gasteiger partial charge on any atom is 0.273 e. The number of hydrogen-bond donors (Lipinski definition) is 1. The SMILES string of the molecule is CCc1ccc(C(CNC(=O)c2nn(-c3ccccc3)nc2C)N(C)C)cc1. The van der Waals surface area contributed by atoms with Gasteiger partial charge in [0.05, 0.1) is 17.4 Å². The summed E-state index contributed by atoms with van der Waals surface area (Å²) in [4.78, 5) is 16.3. The topological polar surface area (TPSA) is 63.1 Å². The van der Waals surface area contributed by atoms with E-state index in [1.807, 2.05) is 44.4 Å². The lowest BCUT2D eigenvalue weighted by Crippen LogP contribution is -2.35. The highest BCUT2D eigenvalue weighted by atomic mass is 16.2. The average molecular weight is 377 g/mol. The van der Waals surface area contributed by atoms with Crippen LogP contribution in [-0.2, 0) is 6.42 Å². The van der Waals surface area contributed by atoms with Crippen LogP contribution in [0.2, 0.25) is 0 Å². The summed E-state index contributed by atoms with van der Waals surface area (Å²) in [6, 6.07) is 18.2. The van der Waals surface area contributed by atoms with Gasteiger partial charge in [0.25, 0.3) is 5.91 Å². The van der Waals surface area contributed by atoms with Gasteiger partial charge in [-0.05, 0) is 50.7 Å². The molecule has 1 aromatic heterocycles. The summed E-state index contributed by atoms with van der Waals surface area (Å²) in [6.07, 6.45) is 1.01. The molecule has 0 fully saturated rings. The van der Waals surface area contributed by atoms with Crippen LogP contribution in [0.4, 0.5) is 0 Å². The molecular formula is C22H27N5O. The number of aromatic nitrogens is 3. The van der Waals surface area contributed by atoms with Gasteiger partial charge in [0.2, 0.25) is 0 Å². The second kappa shape index (κ2) is 8.80. The van der Waals surface area contributed by atoms with Crippen molar-refractivity contribution >= 4 is 5.91 Å². The lowest BCUT2D eigenvalue weighted by Gasteiger charge is -2.25. The molecule has 0 aliphatic carbocycles. The van der Waals surface area contributed by atoms with Crippen molar-refractivity contribution in [2.24, 2.45) is 0 Å². The molecule has 146 valence electrons. The predicted molar refractivity (Wildman–Crippen MR) is 111 cm³/mol. The van der Waals surface area contributed by atoms with Gasteiger partial charge in [-0.1, -0.05) is 49.4 Å². The molecule has 1 unspecified atom stereocenters. The third-order valence-corrected chi connectivity index (χ3v) is 4.84. The van der Waals surface area contributed by atoms with E-state index in [0.29, 0.717) is 17.9 Å². The van der Waals surface area contributed by atoms with Crippen molar-refractivity contribution in [3.8, 4) is 5.69 Å². The molecule has 1 atom stereocenters. The fraction of sp³-hybridized carbons (Fsp3) is 0.318. The van der Waals surface area contributed by atoms with E-state index < -0.39 is 0 Å². The van der Waals surface area contributed by atoms with Gasteiger partial charge in [-0.15, -0.1) is 5.10 Å². The Morgan fingerprint density at radius 2 is 1.75 bits per heavy atom. The minimum atomic E-state index is -0.211. The number of amides is 1. The fourth-order valence-corrected chi connectivity index (χ4v) is 3.11. The van der Waals surface area contributed by atoms with Crippen LogP contribution in [0, 0.1) is 6.92 Å². The zero-order chi connectivity index (χ0) is 20.1. The quantitative estimate of drug-likeness (QED) is 0.687. The molecule has 2 aromatic carbocycles. The summed E-state index contributed by atoms with van der Waals surface area (Å²) in [5.74, 6) is -0.211. The Hall–Kier alpha value is -2.99. The molecule has 6 heteroatoms. The molecule has 1 N–H and O–H groups in total. The van der Waals surface area contributed by atoms with Crippen molar-refractivity contribution in [1.29, 1.82) is 0 Å². The van der Waals surface area contributed by atoms with Gasteiger partial charge in [0.1, 0.15) is 0 Å². The largest absolute Gasteiger partial charge is 0.349 e. The second-order valence-electron chi connectivity index (χ2n) is 7.04. The molecule has 0 bridgehead atoms. The summed E-state index contributed by atoms with van der Waals surface area (Å²) in [6.45, 7) is 4.44. The Balaban J connectivity index is 1.72. The van der Waals surface area contributed by atoms with E-state index in [1.165, 1.54) is 15.9 Å². The minimum Gasteiger partial charge on any atom is -0.349 e. The third-order valence-electron chi connectivity index (χ3n) is 4.84. The predicted octanol–water partition coefficient (Wildman–Crippen LogP) is 3.17. The van der Waals surface area contributed by atoms with Crippen molar-refractivity contribution in [3.63, 3.8) is 0 Å². The second-order valence-corrected chi connectivity index (χ2v) is 7.04. The number of benzene rings is 2. The standard InChI is InChI=1S/C22H27N5O/c1-5-17-11-13-18(14-12-17)20(26(3)4)15-23-22(28)21-16(2)24-27(25-21)19-9-7-6-8-10-19/h6-14,20H,5,15H2,1-4H3,(H,23,28). The Bertz CT molecular complexity index is 916. The molecule has 3 aromatic rings. The molecule has 1 amide bonds. The van der Waals surface area contributed by atoms with Crippen molar-refractivity contribution in [2.75, 3.05) is 20.6 Å². The lowest BCUT2D eigenvalue weighted by atomic mass is 10.0. The first-order chi connectivity index (χ1) is 13.5. The fourth-order valence-electron chi connectivity index (χ4n) is 3.11. The van der Waals surface area contributed by atoms with Crippen LogP contribution in [0.1, 0.15) is 40.3 Å². The Morgan fingerprint density at radius 3 is 2.36 bits per heavy atom. The van der Waals surface area contributed by atoms with Crippen LogP contribution >= 0.6 is 0 Å². The van der Waals surface area contributed by atoms with Crippen LogP contribution in [0.3, 0.4) is 0 Å². The molecule has 3 rings (SSSR count). The molecule has 0 aliphatic rings. The molecule has 6 nitrogen and oxygen atoms in total. The van der Waals surface area contributed by atoms with Crippen LogP contribution in [0.5, 0.6) is 0 Å². The highest BCUT2D eigenvalue weighted by Crippen LogP contribution is 2.18. The van der Waals surface area contributed by atoms with Crippen molar-refractivity contribution in [1.82, 2.24) is 25.2 Å². The van der Waals surface area contributed by atoms with E-state index in [2.05, 4.69) is 51.6 Å². The van der Waals surface area contributed by atoms with E-state index >= 15 is 0 Å². The Kier molecular flexibility index (Phi) is 6.21. The number of nitrogens with one attached hydrogen (secondary N) is 1. The Labute approximate surface area is 166 Å². The highest BCUT2D eigenvalue weighted by molar-refractivity contribution is 5.93. The smallest absolute Gasteiger partial charge is 0.273 e. The number of rotatable bonds is 7. The van der Waals surface area contributed by atoms with Crippen molar-refractivity contribution in [3.05, 3.63) is 77.1 Å². The number of hydrogen-bond acceptors (Lipinski definition) is 4. The van der Waals surface area contributed by atoms with Crippen LogP contribution in [0.15, 0.2) is 54.6 Å². The summed E-state index contributed by atoms with van der Waals surface area (Å²) in [5, 5.41) is 11.8. The van der Waals surface area contributed by atoms with Gasteiger partial charge in [-0.2, -0.15) is 9.90 Å². The van der Waals surface area contributed by atoms with Crippen LogP contribution < -0.4 is 5.32 Å². The molecule has 1 heterocycles. The molecule has 0 saturated heterocycles. The van der Waals surface area contributed by atoms with Crippen molar-refractivity contribution in [2.45, 2.75) is 26.3 Å². The van der Waals surface area contributed by atoms with Crippen LogP contribution in [-0.4, -0.2) is 46.4 Å². The number of carbonyl (C=O) groups excluding carboxylic acids is 1. The number of nitrogens with zero attached hydrogens (tertiary/aromatic N) is 4. The lowest BCUT2D eigenvalue weighted by molar-refractivity contribution is 0.0936. The first-order valence-electron chi connectivity index (χ1n) is 9.52. The monoisotopic (exact) mass is 377 g/mol. The highest BCUT2D eigenvalue weighted by Gasteiger charge is 2.20. The van der Waals surface area contributed by atoms with E-state index in [0.717, 1.165) is 12.1 Å². The van der Waals surface area contributed by atoms with E-state index in [4.69, 9.17) is 0 Å². The number of likely N-dealkylation sites (N-methyl/N-ethyl adjacent to an activating group) is 1. The maximum absolute atomic E-state index is 12.7. The first kappa shape index (κ1) is 19.8. The zero-order valence-electron chi connectivity index (χ0n) is 16.9. The van der Waals surface area contributed by atoms with Gasteiger partial charge in [0.15, 0.2) is 5.69 Å².